The molecule has 0 bridgehead atoms. The summed E-state index contributed by atoms with van der Waals surface area (Å²) >= 11 is 6.30. The smallest absolute Gasteiger partial charge is 0.268 e. The summed E-state index contributed by atoms with van der Waals surface area (Å²) in [4.78, 5) is 85.5. The topological polar surface area (TPSA) is 161 Å². The highest BCUT2D eigenvalue weighted by molar-refractivity contribution is 6.31. The third kappa shape index (κ3) is 9.50. The zero-order valence-corrected chi connectivity index (χ0v) is 34.2. The number of piperidine rings is 1. The minimum absolute atomic E-state index is 0.0259. The molecule has 2 atom stereocenters. The molecule has 1 saturated heterocycles. The van der Waals surface area contributed by atoms with Crippen LogP contribution < -0.4 is 16.0 Å². The normalized spacial score (nSPS) is 15.6. The van der Waals surface area contributed by atoms with Crippen LogP contribution in [0.2, 0.25) is 5.02 Å². The van der Waals surface area contributed by atoms with E-state index in [4.69, 9.17) is 11.6 Å². The number of nitrogens with one attached hydrogen (secondary N) is 4. The van der Waals surface area contributed by atoms with Gasteiger partial charge in [-0.15, -0.1) is 0 Å². The molecule has 0 saturated carbocycles. The van der Waals surface area contributed by atoms with E-state index in [0.29, 0.717) is 45.5 Å². The van der Waals surface area contributed by atoms with Gasteiger partial charge in [0.2, 0.25) is 23.6 Å². The number of halogens is 4. The fourth-order valence-electron chi connectivity index (χ4n) is 7.48. The van der Waals surface area contributed by atoms with Crippen molar-refractivity contribution in [1.29, 1.82) is 0 Å². The summed E-state index contributed by atoms with van der Waals surface area (Å²) < 4.78 is 43.3. The third-order valence-corrected chi connectivity index (χ3v) is 10.4. The Bertz CT molecular complexity index is 2450. The molecule has 314 valence electrons. The van der Waals surface area contributed by atoms with Crippen LogP contribution >= 0.6 is 11.6 Å². The number of aromatic nitrogens is 1. The Morgan fingerprint density at radius 2 is 1.77 bits per heavy atom. The third-order valence-electron chi connectivity index (χ3n) is 10.2. The minimum Gasteiger partial charge on any atom is -0.351 e. The fourth-order valence-corrected chi connectivity index (χ4v) is 7.66. The Balaban J connectivity index is 1.27. The number of nitrogens with zero attached hydrogens (tertiary/aromatic N) is 2. The van der Waals surface area contributed by atoms with E-state index in [-0.39, 0.29) is 67.4 Å². The SMILES string of the molecule is CCNC(=O)c1[nH]c2cc(Cl)ccc2c1C(C(=O)NC(C)(C)C)N(Cc1cc(F)c(F)c(F)c1)C(=O)CCCCC#Cc1cccc2c1CN(C1CCC(=O)NC1=O)C2=O. The van der Waals surface area contributed by atoms with Crippen LogP contribution in [0, 0.1) is 29.3 Å². The maximum atomic E-state index is 14.6. The number of hydrogen-bond acceptors (Lipinski definition) is 6. The van der Waals surface area contributed by atoms with E-state index >= 15 is 0 Å². The van der Waals surface area contributed by atoms with Crippen LogP contribution in [0.4, 0.5) is 13.2 Å². The summed E-state index contributed by atoms with van der Waals surface area (Å²) in [7, 11) is 0. The van der Waals surface area contributed by atoms with Crippen molar-refractivity contribution in [2.45, 2.75) is 96.9 Å². The molecule has 2 unspecified atom stereocenters. The van der Waals surface area contributed by atoms with Gasteiger partial charge >= 0.3 is 0 Å². The molecule has 0 aliphatic carbocycles. The highest BCUT2D eigenvalue weighted by atomic mass is 35.5. The summed E-state index contributed by atoms with van der Waals surface area (Å²) in [6.07, 6.45) is 1.23. The molecule has 2 aliphatic rings. The number of fused-ring (bicyclic) bond motifs is 2. The Morgan fingerprint density at radius 3 is 2.45 bits per heavy atom. The number of aromatic amines is 1. The van der Waals surface area contributed by atoms with E-state index in [1.165, 1.54) is 4.90 Å². The van der Waals surface area contributed by atoms with Crippen LogP contribution in [0.15, 0.2) is 48.5 Å². The first-order valence-corrected chi connectivity index (χ1v) is 19.9. The number of amides is 6. The second-order valence-electron chi connectivity index (χ2n) is 15.7. The standard InChI is InChI=1S/C44H44ClF3N6O6/c1-5-49-41(58)38-36(28-16-15-26(45)21-32(28)50-38)39(42(59)52-44(2,3)4)54(22-24-19-30(46)37(48)31(47)20-24)35(56)14-9-7-6-8-11-25-12-10-13-27-29(25)23-53(43(27)60)33-17-18-34(55)51-40(33)57/h10,12-13,15-16,19-21,33,39,50H,5-7,9,14,17-18,22-23H2,1-4H3,(H,49,58)(H,52,59)(H,51,55,57). The number of benzene rings is 3. The van der Waals surface area contributed by atoms with Gasteiger partial charge in [-0.1, -0.05) is 35.6 Å². The predicted molar refractivity (Wildman–Crippen MR) is 217 cm³/mol. The summed E-state index contributed by atoms with van der Waals surface area (Å²) in [6, 6.07) is 9.09. The van der Waals surface area contributed by atoms with Crippen molar-refractivity contribution in [3.05, 3.63) is 105 Å². The van der Waals surface area contributed by atoms with Gasteiger partial charge in [-0.2, -0.15) is 0 Å². The van der Waals surface area contributed by atoms with Crippen LogP contribution in [0.1, 0.15) is 115 Å². The molecule has 0 spiro atoms. The van der Waals surface area contributed by atoms with Gasteiger partial charge in [-0.05, 0) is 94.5 Å². The molecule has 16 heteroatoms. The van der Waals surface area contributed by atoms with Gasteiger partial charge in [-0.25, -0.2) is 13.2 Å². The van der Waals surface area contributed by atoms with Crippen LogP contribution in [0.3, 0.4) is 0 Å². The van der Waals surface area contributed by atoms with Crippen molar-refractivity contribution in [3.8, 4) is 11.8 Å². The van der Waals surface area contributed by atoms with Gasteiger partial charge in [-0.3, -0.25) is 34.1 Å². The Labute approximate surface area is 349 Å². The molecule has 2 aliphatic heterocycles. The van der Waals surface area contributed by atoms with Crippen molar-refractivity contribution in [2.24, 2.45) is 0 Å². The van der Waals surface area contributed by atoms with E-state index in [1.54, 1.807) is 64.1 Å². The zero-order valence-electron chi connectivity index (χ0n) is 33.5. The van der Waals surface area contributed by atoms with Gasteiger partial charge < -0.3 is 25.4 Å². The molecule has 60 heavy (non-hydrogen) atoms. The molecular weight excluding hydrogens is 801 g/mol. The fraction of sp³-hybridized carbons (Fsp3) is 0.364. The number of carbonyl (C=O) groups is 6. The molecule has 3 heterocycles. The summed E-state index contributed by atoms with van der Waals surface area (Å²) in [5.74, 6) is -1.52. The second-order valence-corrected chi connectivity index (χ2v) is 16.2. The number of carbonyl (C=O) groups excluding carboxylic acids is 6. The first-order chi connectivity index (χ1) is 28.5. The number of imide groups is 1. The molecule has 1 fully saturated rings. The zero-order chi connectivity index (χ0) is 43.5. The van der Waals surface area contributed by atoms with Crippen molar-refractivity contribution >= 4 is 57.9 Å². The Hall–Kier alpha value is -6.14. The first kappa shape index (κ1) is 43.4. The van der Waals surface area contributed by atoms with E-state index in [9.17, 15) is 41.9 Å². The van der Waals surface area contributed by atoms with E-state index in [2.05, 4.69) is 32.8 Å². The van der Waals surface area contributed by atoms with Crippen molar-refractivity contribution in [1.82, 2.24) is 30.7 Å². The molecule has 12 nitrogen and oxygen atoms in total. The van der Waals surface area contributed by atoms with Crippen molar-refractivity contribution in [2.75, 3.05) is 6.54 Å². The van der Waals surface area contributed by atoms with Gasteiger partial charge in [0.15, 0.2) is 17.5 Å². The molecule has 1 aromatic heterocycles. The largest absolute Gasteiger partial charge is 0.351 e. The van der Waals surface area contributed by atoms with E-state index in [0.717, 1.165) is 17.0 Å². The first-order valence-electron chi connectivity index (χ1n) is 19.6. The average molecular weight is 845 g/mol. The number of unbranched alkanes of at least 4 members (excludes halogenated alkanes) is 2. The molecule has 6 rings (SSSR count). The van der Waals surface area contributed by atoms with Crippen molar-refractivity contribution in [3.63, 3.8) is 0 Å². The van der Waals surface area contributed by atoms with E-state index < -0.39 is 65.2 Å². The van der Waals surface area contributed by atoms with Gasteiger partial charge in [0.05, 0.1) is 0 Å². The highest BCUT2D eigenvalue weighted by Crippen LogP contribution is 2.36. The van der Waals surface area contributed by atoms with Crippen molar-refractivity contribution < 1.29 is 41.9 Å². The van der Waals surface area contributed by atoms with Crippen LogP contribution in [0.25, 0.3) is 10.9 Å². The van der Waals surface area contributed by atoms with Crippen LogP contribution in [-0.4, -0.2) is 68.4 Å². The molecular formula is C44H44ClF3N6O6. The average Bonchev–Trinajstić information content (AvgIpc) is 3.71. The maximum Gasteiger partial charge on any atom is 0.268 e. The van der Waals surface area contributed by atoms with Gasteiger partial charge in [0.1, 0.15) is 17.8 Å². The summed E-state index contributed by atoms with van der Waals surface area (Å²) in [5.41, 5.74) is 1.24. The second kappa shape index (κ2) is 18.0. The molecule has 3 aromatic carbocycles. The van der Waals surface area contributed by atoms with E-state index in [1.807, 2.05) is 0 Å². The molecule has 0 radical (unpaired) electrons. The lowest BCUT2D eigenvalue weighted by molar-refractivity contribution is -0.142. The lowest BCUT2D eigenvalue weighted by Crippen LogP contribution is -2.52. The minimum atomic E-state index is -1.69. The Morgan fingerprint density at radius 1 is 1.03 bits per heavy atom. The number of hydrogen-bond donors (Lipinski definition) is 4. The van der Waals surface area contributed by atoms with Crippen LogP contribution in [-0.2, 0) is 32.3 Å². The Kier molecular flexibility index (Phi) is 13.0. The van der Waals surface area contributed by atoms with Crippen LogP contribution in [0.5, 0.6) is 0 Å². The van der Waals surface area contributed by atoms with Gasteiger partial charge in [0.25, 0.3) is 11.8 Å². The lowest BCUT2D eigenvalue weighted by atomic mass is 9.96. The summed E-state index contributed by atoms with van der Waals surface area (Å²) in [5, 5.41) is 8.64. The van der Waals surface area contributed by atoms with Gasteiger partial charge in [0, 0.05) is 77.1 Å². The summed E-state index contributed by atoms with van der Waals surface area (Å²) in [6.45, 7) is 6.77. The molecule has 4 N–H and O–H groups in total. The maximum absolute atomic E-state index is 14.6. The lowest BCUT2D eigenvalue weighted by Gasteiger charge is -2.34. The number of rotatable bonds is 12. The quantitative estimate of drug-likeness (QED) is 0.0563. The highest BCUT2D eigenvalue weighted by Gasteiger charge is 2.40. The molecule has 6 amide bonds. The number of H-pyrrole nitrogens is 1. The molecule has 4 aromatic rings. The predicted octanol–water partition coefficient (Wildman–Crippen LogP) is 6.35. The monoisotopic (exact) mass is 844 g/mol.